The molecule has 22 heavy (non-hydrogen) atoms. The van der Waals surface area contributed by atoms with Crippen LogP contribution in [0.4, 0.5) is 5.00 Å². The van der Waals surface area contributed by atoms with Crippen LogP contribution in [-0.2, 0) is 11.2 Å². The van der Waals surface area contributed by atoms with Crippen molar-refractivity contribution in [3.05, 3.63) is 51.9 Å². The molecule has 3 N–H and O–H groups in total. The Morgan fingerprint density at radius 1 is 1.14 bits per heavy atom. The van der Waals surface area contributed by atoms with E-state index < -0.39 is 17.8 Å². The molecule has 0 atom stereocenters. The first-order chi connectivity index (χ1) is 10.4. The van der Waals surface area contributed by atoms with Crippen LogP contribution in [0.3, 0.4) is 0 Å². The second kappa shape index (κ2) is 6.40. The second-order valence-electron chi connectivity index (χ2n) is 4.55. The van der Waals surface area contributed by atoms with Gasteiger partial charge in [-0.05, 0) is 24.6 Å². The Labute approximate surface area is 130 Å². The molecule has 0 aliphatic rings. The van der Waals surface area contributed by atoms with Crippen LogP contribution in [0.5, 0.6) is 0 Å². The van der Waals surface area contributed by atoms with E-state index in [-0.39, 0.29) is 17.0 Å². The Hall–Kier alpha value is -2.67. The molecule has 0 aliphatic heterocycles. The second-order valence-corrected chi connectivity index (χ2v) is 5.66. The van der Waals surface area contributed by atoms with Gasteiger partial charge in [0.1, 0.15) is 5.00 Å². The minimum Gasteiger partial charge on any atom is -0.481 e. The summed E-state index contributed by atoms with van der Waals surface area (Å²) in [5.41, 5.74) is 0.693. The van der Waals surface area contributed by atoms with Crippen molar-refractivity contribution in [1.29, 1.82) is 0 Å². The molecule has 1 aromatic carbocycles. The zero-order chi connectivity index (χ0) is 16.3. The van der Waals surface area contributed by atoms with Crippen LogP contribution in [0.25, 0.3) is 0 Å². The number of hydrogen-bond donors (Lipinski definition) is 3. The van der Waals surface area contributed by atoms with Crippen LogP contribution in [0.2, 0.25) is 0 Å². The summed E-state index contributed by atoms with van der Waals surface area (Å²) in [6.07, 6.45) is -0.280. The summed E-state index contributed by atoms with van der Waals surface area (Å²) in [6.45, 7) is 1.54. The highest BCUT2D eigenvalue weighted by molar-refractivity contribution is 7.17. The van der Waals surface area contributed by atoms with Crippen molar-refractivity contribution in [3.63, 3.8) is 0 Å². The summed E-state index contributed by atoms with van der Waals surface area (Å²) in [4.78, 5) is 34.7. The maximum Gasteiger partial charge on any atom is 0.338 e. The highest BCUT2D eigenvalue weighted by Gasteiger charge is 2.23. The number of carboxylic acid groups (broad SMARTS) is 2. The molecule has 0 radical (unpaired) electrons. The molecule has 114 valence electrons. The smallest absolute Gasteiger partial charge is 0.338 e. The van der Waals surface area contributed by atoms with E-state index in [9.17, 15) is 19.5 Å². The van der Waals surface area contributed by atoms with Crippen molar-refractivity contribution in [3.8, 4) is 0 Å². The number of benzene rings is 1. The predicted octanol–water partition coefficient (Wildman–Crippen LogP) is 2.63. The summed E-state index contributed by atoms with van der Waals surface area (Å²) in [7, 11) is 0. The Kier molecular flexibility index (Phi) is 4.57. The minimum atomic E-state index is -1.20. The monoisotopic (exact) mass is 319 g/mol. The molecule has 1 amide bonds. The molecule has 0 fully saturated rings. The van der Waals surface area contributed by atoms with Gasteiger partial charge in [0.15, 0.2) is 0 Å². The van der Waals surface area contributed by atoms with E-state index in [1.807, 2.05) is 0 Å². The molecule has 1 aromatic heterocycles. The number of nitrogens with one attached hydrogen (secondary N) is 1. The van der Waals surface area contributed by atoms with E-state index in [1.165, 1.54) is 6.92 Å². The Morgan fingerprint density at radius 2 is 1.77 bits per heavy atom. The molecule has 2 aromatic rings. The lowest BCUT2D eigenvalue weighted by Gasteiger charge is -2.04. The van der Waals surface area contributed by atoms with Gasteiger partial charge in [-0.1, -0.05) is 18.2 Å². The minimum absolute atomic E-state index is 0.0643. The maximum absolute atomic E-state index is 12.1. The zero-order valence-electron chi connectivity index (χ0n) is 11.6. The van der Waals surface area contributed by atoms with Crippen LogP contribution < -0.4 is 5.32 Å². The topological polar surface area (TPSA) is 104 Å². The van der Waals surface area contributed by atoms with Crippen LogP contribution in [0, 0.1) is 6.92 Å². The number of thiophene rings is 1. The number of hydrogen-bond acceptors (Lipinski definition) is 4. The third-order valence-electron chi connectivity index (χ3n) is 3.03. The molecule has 0 saturated heterocycles. The van der Waals surface area contributed by atoms with E-state index in [0.29, 0.717) is 16.0 Å². The highest BCUT2D eigenvalue weighted by Crippen LogP contribution is 2.33. The molecule has 0 unspecified atom stereocenters. The zero-order valence-corrected chi connectivity index (χ0v) is 12.4. The van der Waals surface area contributed by atoms with Gasteiger partial charge in [0.2, 0.25) is 0 Å². The van der Waals surface area contributed by atoms with Gasteiger partial charge in [-0.25, -0.2) is 4.79 Å². The number of aromatic carboxylic acids is 1. The largest absolute Gasteiger partial charge is 0.481 e. The molecular formula is C15H13NO5S. The van der Waals surface area contributed by atoms with E-state index in [1.54, 1.807) is 30.3 Å². The Bertz CT molecular complexity index is 736. The first-order valence-corrected chi connectivity index (χ1v) is 7.15. The number of carboxylic acids is 2. The molecular weight excluding hydrogens is 306 g/mol. The van der Waals surface area contributed by atoms with Crippen LogP contribution in [0.1, 0.15) is 31.2 Å². The van der Waals surface area contributed by atoms with Crippen LogP contribution in [0.15, 0.2) is 30.3 Å². The summed E-state index contributed by atoms with van der Waals surface area (Å²) < 4.78 is 0. The standard InChI is InChI=1S/C15H13NO5S/c1-8-10(7-11(17)18)22-14(12(8)15(20)21)16-13(19)9-5-3-2-4-6-9/h2-6H,7H2,1H3,(H,16,19)(H,17,18)(H,20,21). The highest BCUT2D eigenvalue weighted by atomic mass is 32.1. The van der Waals surface area contributed by atoms with Crippen LogP contribution >= 0.6 is 11.3 Å². The van der Waals surface area contributed by atoms with E-state index in [2.05, 4.69) is 5.32 Å². The van der Waals surface area contributed by atoms with Crippen molar-refractivity contribution in [2.45, 2.75) is 13.3 Å². The SMILES string of the molecule is Cc1c(CC(=O)O)sc(NC(=O)c2ccccc2)c1C(=O)O. The normalized spacial score (nSPS) is 10.2. The van der Waals surface area contributed by atoms with Gasteiger partial charge >= 0.3 is 11.9 Å². The van der Waals surface area contributed by atoms with Gasteiger partial charge in [0.25, 0.3) is 5.91 Å². The maximum atomic E-state index is 12.1. The summed E-state index contributed by atoms with van der Waals surface area (Å²) >= 11 is 0.972. The summed E-state index contributed by atoms with van der Waals surface area (Å²) in [5.74, 6) is -2.69. The van der Waals surface area contributed by atoms with Crippen molar-refractivity contribution >= 4 is 34.2 Å². The molecule has 7 heteroatoms. The fourth-order valence-electron chi connectivity index (χ4n) is 1.98. The predicted molar refractivity (Wildman–Crippen MR) is 81.8 cm³/mol. The number of amides is 1. The van der Waals surface area contributed by atoms with E-state index in [0.717, 1.165) is 11.3 Å². The number of aliphatic carboxylic acids is 1. The average Bonchev–Trinajstić information content (AvgIpc) is 2.75. The van der Waals surface area contributed by atoms with Crippen molar-refractivity contribution in [2.24, 2.45) is 0 Å². The number of anilines is 1. The number of carbonyl (C=O) groups is 3. The Balaban J connectivity index is 2.36. The van der Waals surface area contributed by atoms with Gasteiger partial charge < -0.3 is 15.5 Å². The van der Waals surface area contributed by atoms with Crippen LogP contribution in [-0.4, -0.2) is 28.1 Å². The lowest BCUT2D eigenvalue weighted by molar-refractivity contribution is -0.136. The van der Waals surface area contributed by atoms with Crippen molar-refractivity contribution < 1.29 is 24.6 Å². The van der Waals surface area contributed by atoms with Crippen molar-refractivity contribution in [2.75, 3.05) is 5.32 Å². The fraction of sp³-hybridized carbons (Fsp3) is 0.133. The third kappa shape index (κ3) is 3.32. The first kappa shape index (κ1) is 15.7. The average molecular weight is 319 g/mol. The number of carbonyl (C=O) groups excluding carboxylic acids is 1. The van der Waals surface area contributed by atoms with Gasteiger partial charge in [0, 0.05) is 10.4 Å². The lowest BCUT2D eigenvalue weighted by atomic mass is 10.1. The Morgan fingerprint density at radius 3 is 2.32 bits per heavy atom. The van der Waals surface area contributed by atoms with E-state index >= 15 is 0 Å². The molecule has 0 saturated carbocycles. The number of rotatable bonds is 5. The summed E-state index contributed by atoms with van der Waals surface area (Å²) in [5, 5.41) is 20.8. The third-order valence-corrected chi connectivity index (χ3v) is 4.24. The molecule has 6 nitrogen and oxygen atoms in total. The summed E-state index contributed by atoms with van der Waals surface area (Å²) in [6, 6.07) is 8.37. The van der Waals surface area contributed by atoms with E-state index in [4.69, 9.17) is 5.11 Å². The first-order valence-electron chi connectivity index (χ1n) is 6.34. The van der Waals surface area contributed by atoms with Gasteiger partial charge in [0.05, 0.1) is 12.0 Å². The van der Waals surface area contributed by atoms with Gasteiger partial charge in [-0.2, -0.15) is 0 Å². The molecule has 0 aliphatic carbocycles. The fourth-order valence-corrected chi connectivity index (χ4v) is 3.16. The lowest BCUT2D eigenvalue weighted by Crippen LogP contribution is -2.13. The molecule has 1 heterocycles. The molecule has 2 rings (SSSR count). The molecule has 0 bridgehead atoms. The van der Waals surface area contributed by atoms with Gasteiger partial charge in [-0.3, -0.25) is 9.59 Å². The molecule has 0 spiro atoms. The van der Waals surface area contributed by atoms with Gasteiger partial charge in [-0.15, -0.1) is 11.3 Å². The quantitative estimate of drug-likeness (QED) is 0.786. The van der Waals surface area contributed by atoms with Crippen molar-refractivity contribution in [1.82, 2.24) is 0 Å².